The molecule has 0 aliphatic carbocycles. The van der Waals surface area contributed by atoms with E-state index in [1.165, 1.54) is 11.3 Å². The summed E-state index contributed by atoms with van der Waals surface area (Å²) in [5.41, 5.74) is 2.39. The van der Waals surface area contributed by atoms with Crippen LogP contribution < -0.4 is 4.90 Å². The van der Waals surface area contributed by atoms with E-state index in [1.54, 1.807) is 0 Å². The molecule has 0 saturated carbocycles. The van der Waals surface area contributed by atoms with Crippen LogP contribution in [0, 0.1) is 11.8 Å². The molecule has 1 atom stereocenters. The summed E-state index contributed by atoms with van der Waals surface area (Å²) >= 11 is 0. The predicted octanol–water partition coefficient (Wildman–Crippen LogP) is 3.90. The largest absolute Gasteiger partial charge is 0.370 e. The van der Waals surface area contributed by atoms with Crippen LogP contribution in [0.25, 0.3) is 0 Å². The highest BCUT2D eigenvalue weighted by atomic mass is 16.2. The zero-order valence-electron chi connectivity index (χ0n) is 15.7. The van der Waals surface area contributed by atoms with E-state index in [0.717, 1.165) is 38.9 Å². The van der Waals surface area contributed by atoms with Gasteiger partial charge in [0.1, 0.15) is 0 Å². The Kier molecular flexibility index (Phi) is 5.52. The summed E-state index contributed by atoms with van der Waals surface area (Å²) in [5.74, 6) is 0.902. The minimum Gasteiger partial charge on any atom is -0.370 e. The van der Waals surface area contributed by atoms with Crippen LogP contribution in [0.4, 0.5) is 5.69 Å². The summed E-state index contributed by atoms with van der Waals surface area (Å²) in [7, 11) is 0. The van der Waals surface area contributed by atoms with Gasteiger partial charge in [0.05, 0.1) is 11.9 Å². The lowest BCUT2D eigenvalue weighted by molar-refractivity contribution is -0.137. The predicted molar refractivity (Wildman–Crippen MR) is 108 cm³/mol. The number of pyridine rings is 1. The Morgan fingerprint density at radius 3 is 2.56 bits per heavy atom. The topological polar surface area (TPSA) is 36.4 Å². The monoisotopic (exact) mass is 361 g/mol. The van der Waals surface area contributed by atoms with Crippen LogP contribution in [0.3, 0.4) is 0 Å². The molecule has 1 saturated heterocycles. The Hall–Kier alpha value is -2.62. The highest BCUT2D eigenvalue weighted by molar-refractivity contribution is 5.80. The molecule has 0 radical (unpaired) electrons. The van der Waals surface area contributed by atoms with Gasteiger partial charge in [-0.05, 0) is 42.9 Å². The molecule has 1 aromatic carbocycles. The molecule has 1 aromatic heterocycles. The zero-order valence-corrected chi connectivity index (χ0v) is 15.7. The third kappa shape index (κ3) is 4.21. The molecule has 2 aliphatic rings. The smallest absolute Gasteiger partial charge is 0.226 e. The third-order valence-electron chi connectivity index (χ3n) is 5.85. The Labute approximate surface area is 161 Å². The van der Waals surface area contributed by atoms with Crippen molar-refractivity contribution >= 4 is 11.6 Å². The number of anilines is 1. The molecule has 1 amide bonds. The van der Waals surface area contributed by atoms with Crippen LogP contribution in [-0.4, -0.2) is 35.4 Å². The van der Waals surface area contributed by atoms with Crippen molar-refractivity contribution in [2.75, 3.05) is 24.5 Å². The second-order valence-electron chi connectivity index (χ2n) is 7.55. The molecule has 0 N–H and O–H groups in total. The molecule has 0 unspecified atom stereocenters. The van der Waals surface area contributed by atoms with Gasteiger partial charge in [0.25, 0.3) is 0 Å². The number of aromatic nitrogens is 1. The van der Waals surface area contributed by atoms with Gasteiger partial charge < -0.3 is 9.80 Å². The van der Waals surface area contributed by atoms with Crippen LogP contribution in [-0.2, 0) is 11.3 Å². The SMILES string of the molecule is O=C1[C@@H](C2CCN(c3cccnc3)CC2)CC=CCN1Cc1ccccc1. The van der Waals surface area contributed by atoms with Crippen LogP contribution in [0.2, 0.25) is 0 Å². The zero-order chi connectivity index (χ0) is 18.5. The van der Waals surface area contributed by atoms with E-state index in [-0.39, 0.29) is 5.92 Å². The van der Waals surface area contributed by atoms with Gasteiger partial charge in [-0.1, -0.05) is 42.5 Å². The lowest BCUT2D eigenvalue weighted by Crippen LogP contribution is -2.42. The summed E-state index contributed by atoms with van der Waals surface area (Å²) in [6.45, 7) is 3.43. The molecule has 2 aromatic rings. The number of allylic oxidation sites excluding steroid dienone is 1. The summed E-state index contributed by atoms with van der Waals surface area (Å²) in [5, 5.41) is 0. The molecule has 3 heterocycles. The average Bonchev–Trinajstić information content (AvgIpc) is 2.91. The van der Waals surface area contributed by atoms with Crippen molar-refractivity contribution in [3.8, 4) is 0 Å². The van der Waals surface area contributed by atoms with Crippen molar-refractivity contribution in [3.05, 3.63) is 72.6 Å². The van der Waals surface area contributed by atoms with Gasteiger partial charge in [-0.15, -0.1) is 0 Å². The molecular formula is C23H27N3O. The second kappa shape index (κ2) is 8.38. The number of hydrogen-bond donors (Lipinski definition) is 0. The first-order valence-electron chi connectivity index (χ1n) is 9.94. The Bertz CT molecular complexity index is 767. The quantitative estimate of drug-likeness (QED) is 0.775. The number of rotatable bonds is 4. The maximum Gasteiger partial charge on any atom is 0.226 e. The van der Waals surface area contributed by atoms with Gasteiger partial charge in [-0.3, -0.25) is 9.78 Å². The molecule has 0 spiro atoms. The molecule has 2 aliphatic heterocycles. The van der Waals surface area contributed by atoms with Gasteiger partial charge >= 0.3 is 0 Å². The fourth-order valence-corrected chi connectivity index (χ4v) is 4.31. The first-order chi connectivity index (χ1) is 13.3. The van der Waals surface area contributed by atoms with Crippen LogP contribution >= 0.6 is 0 Å². The lowest BCUT2D eigenvalue weighted by Gasteiger charge is -2.37. The van der Waals surface area contributed by atoms with Crippen LogP contribution in [0.15, 0.2) is 67.0 Å². The normalized spacial score (nSPS) is 21.3. The molecule has 1 fully saturated rings. The highest BCUT2D eigenvalue weighted by Gasteiger charge is 2.34. The number of benzene rings is 1. The lowest BCUT2D eigenvalue weighted by atomic mass is 9.81. The van der Waals surface area contributed by atoms with Crippen molar-refractivity contribution in [3.63, 3.8) is 0 Å². The van der Waals surface area contributed by atoms with E-state index >= 15 is 0 Å². The molecule has 140 valence electrons. The van der Waals surface area contributed by atoms with E-state index in [2.05, 4.69) is 40.2 Å². The Balaban J connectivity index is 1.40. The maximum atomic E-state index is 13.3. The van der Waals surface area contributed by atoms with Crippen molar-refractivity contribution in [2.45, 2.75) is 25.8 Å². The molecule has 27 heavy (non-hydrogen) atoms. The van der Waals surface area contributed by atoms with Gasteiger partial charge in [0, 0.05) is 38.3 Å². The fraction of sp³-hybridized carbons (Fsp3) is 0.391. The highest BCUT2D eigenvalue weighted by Crippen LogP contribution is 2.32. The van der Waals surface area contributed by atoms with E-state index in [4.69, 9.17) is 0 Å². The van der Waals surface area contributed by atoms with Crippen molar-refractivity contribution in [1.29, 1.82) is 0 Å². The number of carbonyl (C=O) groups excluding carboxylic acids is 1. The average molecular weight is 361 g/mol. The van der Waals surface area contributed by atoms with Crippen LogP contribution in [0.1, 0.15) is 24.8 Å². The Morgan fingerprint density at radius 1 is 1.00 bits per heavy atom. The minimum atomic E-state index is 0.114. The second-order valence-corrected chi connectivity index (χ2v) is 7.55. The molecule has 4 heteroatoms. The standard InChI is InChI=1S/C23H27N3O/c27-23-22(10-4-5-14-26(23)18-19-7-2-1-3-8-19)20-11-15-25(16-12-20)21-9-6-13-24-17-21/h1-9,13,17,20,22H,10-12,14-16,18H2/t22-/m1/s1. The van der Waals surface area contributed by atoms with Gasteiger partial charge in [-0.2, -0.15) is 0 Å². The summed E-state index contributed by atoms with van der Waals surface area (Å²) in [6, 6.07) is 14.4. The molecule has 4 nitrogen and oxygen atoms in total. The van der Waals surface area contributed by atoms with E-state index in [0.29, 0.717) is 18.4 Å². The first kappa shape index (κ1) is 17.8. The van der Waals surface area contributed by atoms with Crippen molar-refractivity contribution in [2.24, 2.45) is 11.8 Å². The molecular weight excluding hydrogens is 334 g/mol. The minimum absolute atomic E-state index is 0.114. The van der Waals surface area contributed by atoms with E-state index in [9.17, 15) is 4.79 Å². The molecule has 4 rings (SSSR count). The van der Waals surface area contributed by atoms with Gasteiger partial charge in [0.15, 0.2) is 0 Å². The summed E-state index contributed by atoms with van der Waals surface area (Å²) in [6.07, 6.45) is 11.1. The summed E-state index contributed by atoms with van der Waals surface area (Å²) < 4.78 is 0. The van der Waals surface area contributed by atoms with Gasteiger partial charge in [0.2, 0.25) is 5.91 Å². The Morgan fingerprint density at radius 2 is 1.81 bits per heavy atom. The van der Waals surface area contributed by atoms with E-state index < -0.39 is 0 Å². The number of piperidine rings is 1. The third-order valence-corrected chi connectivity index (χ3v) is 5.85. The maximum absolute atomic E-state index is 13.3. The van der Waals surface area contributed by atoms with Crippen molar-refractivity contribution < 1.29 is 4.79 Å². The number of carbonyl (C=O) groups is 1. The summed E-state index contributed by atoms with van der Waals surface area (Å²) in [4.78, 5) is 21.9. The number of amides is 1. The van der Waals surface area contributed by atoms with Gasteiger partial charge in [-0.25, -0.2) is 0 Å². The number of hydrogen-bond acceptors (Lipinski definition) is 3. The fourth-order valence-electron chi connectivity index (χ4n) is 4.31. The van der Waals surface area contributed by atoms with E-state index in [1.807, 2.05) is 41.6 Å². The van der Waals surface area contributed by atoms with Crippen molar-refractivity contribution in [1.82, 2.24) is 9.88 Å². The number of nitrogens with zero attached hydrogens (tertiary/aromatic N) is 3. The molecule has 0 bridgehead atoms. The first-order valence-corrected chi connectivity index (χ1v) is 9.94. The van der Waals surface area contributed by atoms with Crippen LogP contribution in [0.5, 0.6) is 0 Å².